The minimum atomic E-state index is -0.516. The molecular weight excluding hydrogens is 412 g/mol. The second-order valence-corrected chi connectivity index (χ2v) is 7.62. The third kappa shape index (κ3) is 3.98. The van der Waals surface area contributed by atoms with Gasteiger partial charge in [0.05, 0.1) is 30.6 Å². The number of nitrogens with zero attached hydrogens (tertiary/aromatic N) is 4. The number of amides is 2. The second kappa shape index (κ2) is 8.58. The van der Waals surface area contributed by atoms with Gasteiger partial charge in [0.25, 0.3) is 5.91 Å². The maximum atomic E-state index is 13.1. The zero-order valence-electron chi connectivity index (χ0n) is 16.5. The van der Waals surface area contributed by atoms with Gasteiger partial charge in [-0.05, 0) is 18.9 Å². The Bertz CT molecular complexity index is 950. The molecule has 160 valence electrons. The number of primary amides is 1. The Morgan fingerprint density at radius 3 is 2.73 bits per heavy atom. The van der Waals surface area contributed by atoms with Crippen LogP contribution in [0.4, 0.5) is 0 Å². The van der Waals surface area contributed by atoms with Crippen LogP contribution < -0.4 is 15.8 Å². The van der Waals surface area contributed by atoms with Crippen LogP contribution in [0.15, 0.2) is 18.3 Å². The highest BCUT2D eigenvalue weighted by atomic mass is 35.5. The number of carbonyl (C=O) groups excluding carboxylic acids is 2. The normalized spacial score (nSPS) is 19.8. The number of methoxy groups -OCH3 is 1. The lowest BCUT2D eigenvalue weighted by atomic mass is 9.96. The van der Waals surface area contributed by atoms with Gasteiger partial charge in [-0.2, -0.15) is 5.10 Å². The molecule has 0 aliphatic carbocycles. The molecule has 0 saturated carbocycles. The Labute approximate surface area is 178 Å². The molecule has 2 aliphatic heterocycles. The summed E-state index contributed by atoms with van der Waals surface area (Å²) in [5.41, 5.74) is 6.89. The summed E-state index contributed by atoms with van der Waals surface area (Å²) >= 11 is 6.39. The number of pyridine rings is 1. The van der Waals surface area contributed by atoms with E-state index in [2.05, 4.69) is 15.4 Å². The summed E-state index contributed by atoms with van der Waals surface area (Å²) in [5.74, 6) is -0.336. The number of hydrogen-bond acceptors (Lipinski definition) is 7. The highest BCUT2D eigenvalue weighted by molar-refractivity contribution is 6.33. The number of nitrogens with one attached hydrogen (secondary N) is 1. The molecule has 0 aromatic carbocycles. The number of hydrogen-bond donors (Lipinski definition) is 2. The lowest BCUT2D eigenvalue weighted by Gasteiger charge is -2.30. The molecule has 2 aromatic heterocycles. The van der Waals surface area contributed by atoms with E-state index in [0.717, 1.165) is 0 Å². The molecular formula is C19H23ClN6O4. The van der Waals surface area contributed by atoms with Crippen LogP contribution in [-0.4, -0.2) is 64.8 Å². The smallest absolute Gasteiger partial charge is 0.274 e. The van der Waals surface area contributed by atoms with Crippen LogP contribution in [0.5, 0.6) is 5.88 Å². The first-order chi connectivity index (χ1) is 14.5. The average Bonchev–Trinajstić information content (AvgIpc) is 3.43. The first-order valence-corrected chi connectivity index (χ1v) is 10.1. The van der Waals surface area contributed by atoms with Crippen LogP contribution in [0.2, 0.25) is 5.02 Å². The fourth-order valence-corrected chi connectivity index (χ4v) is 3.90. The predicted octanol–water partition coefficient (Wildman–Crippen LogP) is 1.02. The van der Waals surface area contributed by atoms with E-state index in [4.69, 9.17) is 26.8 Å². The number of carbonyl (C=O) groups is 2. The van der Waals surface area contributed by atoms with Crippen LogP contribution in [-0.2, 0) is 9.53 Å². The van der Waals surface area contributed by atoms with Crippen LogP contribution >= 0.6 is 11.6 Å². The average molecular weight is 435 g/mol. The molecule has 4 rings (SSSR count). The van der Waals surface area contributed by atoms with Gasteiger partial charge < -0.3 is 20.1 Å². The van der Waals surface area contributed by atoms with Crippen molar-refractivity contribution in [2.75, 3.05) is 33.4 Å². The monoisotopic (exact) mass is 434 g/mol. The highest BCUT2D eigenvalue weighted by Crippen LogP contribution is 2.33. The first kappa shape index (κ1) is 20.6. The summed E-state index contributed by atoms with van der Waals surface area (Å²) in [6.45, 7) is 2.11. The van der Waals surface area contributed by atoms with Crippen LogP contribution in [0.1, 0.15) is 29.7 Å². The Kier molecular flexibility index (Phi) is 5.89. The minimum absolute atomic E-state index is 0.193. The Morgan fingerprint density at radius 2 is 2.10 bits per heavy atom. The van der Waals surface area contributed by atoms with E-state index in [1.54, 1.807) is 21.7 Å². The lowest BCUT2D eigenvalue weighted by molar-refractivity contribution is -0.123. The third-order valence-corrected chi connectivity index (χ3v) is 5.67. The van der Waals surface area contributed by atoms with Gasteiger partial charge in [0, 0.05) is 37.2 Å². The van der Waals surface area contributed by atoms with Crippen molar-refractivity contribution >= 4 is 23.4 Å². The van der Waals surface area contributed by atoms with Crippen molar-refractivity contribution in [1.82, 2.24) is 25.0 Å². The molecule has 4 heterocycles. The predicted molar refractivity (Wildman–Crippen MR) is 108 cm³/mol. The van der Waals surface area contributed by atoms with E-state index >= 15 is 0 Å². The Balaban J connectivity index is 1.66. The fourth-order valence-electron chi connectivity index (χ4n) is 3.70. The number of nitrogens with two attached hydrogens (primary N) is 1. The zero-order chi connectivity index (χ0) is 21.3. The molecule has 2 saturated heterocycles. The minimum Gasteiger partial charge on any atom is -0.481 e. The molecule has 0 bridgehead atoms. The van der Waals surface area contributed by atoms with Gasteiger partial charge in [-0.15, -0.1) is 0 Å². The number of piperidine rings is 1. The molecule has 3 N–H and O–H groups in total. The van der Waals surface area contributed by atoms with E-state index in [1.807, 2.05) is 0 Å². The van der Waals surface area contributed by atoms with Crippen molar-refractivity contribution in [3.63, 3.8) is 0 Å². The molecule has 1 unspecified atom stereocenters. The molecule has 2 aliphatic rings. The summed E-state index contributed by atoms with van der Waals surface area (Å²) in [6, 6.07) is 3.38. The van der Waals surface area contributed by atoms with Gasteiger partial charge in [0.15, 0.2) is 5.69 Å². The van der Waals surface area contributed by atoms with Gasteiger partial charge in [0.2, 0.25) is 18.1 Å². The van der Waals surface area contributed by atoms with E-state index < -0.39 is 6.35 Å². The first-order valence-electron chi connectivity index (χ1n) is 9.71. The molecule has 2 aromatic rings. The maximum absolute atomic E-state index is 13.1. The van der Waals surface area contributed by atoms with Gasteiger partial charge in [-0.25, -0.2) is 9.67 Å². The van der Waals surface area contributed by atoms with Gasteiger partial charge in [-0.3, -0.25) is 14.9 Å². The van der Waals surface area contributed by atoms with Crippen molar-refractivity contribution in [3.8, 4) is 17.1 Å². The standard InChI is InChI=1S/C19H23ClN6O4/c1-29-16-8-12(13(20)10-23-16)15-9-14(24-26(15)19-22-4-7-30-19)18(28)25-5-2-11(3-6-25)17(21)27/h8-11,19,22H,2-7H2,1H3,(H2,21,27). The molecule has 0 radical (unpaired) electrons. The number of halogens is 1. The molecule has 10 nitrogen and oxygen atoms in total. The third-order valence-electron chi connectivity index (χ3n) is 5.37. The van der Waals surface area contributed by atoms with Crippen molar-refractivity contribution < 1.29 is 19.1 Å². The summed E-state index contributed by atoms with van der Waals surface area (Å²) < 4.78 is 12.5. The van der Waals surface area contributed by atoms with E-state index in [1.165, 1.54) is 13.3 Å². The topological polar surface area (TPSA) is 125 Å². The zero-order valence-corrected chi connectivity index (χ0v) is 17.3. The Hall–Kier alpha value is -2.69. The second-order valence-electron chi connectivity index (χ2n) is 7.21. The summed E-state index contributed by atoms with van der Waals surface area (Å²) in [5, 5.41) is 8.11. The molecule has 30 heavy (non-hydrogen) atoms. The fraction of sp³-hybridized carbons (Fsp3) is 0.474. The van der Waals surface area contributed by atoms with Crippen LogP contribution in [0.3, 0.4) is 0 Å². The number of rotatable bonds is 5. The van der Waals surface area contributed by atoms with Crippen LogP contribution in [0, 0.1) is 5.92 Å². The number of ether oxygens (including phenoxy) is 2. The van der Waals surface area contributed by atoms with Crippen molar-refractivity contribution in [2.24, 2.45) is 11.7 Å². The molecule has 2 fully saturated rings. The summed E-state index contributed by atoms with van der Waals surface area (Å²) in [4.78, 5) is 30.3. The van der Waals surface area contributed by atoms with E-state index in [-0.39, 0.29) is 23.4 Å². The van der Waals surface area contributed by atoms with Crippen molar-refractivity contribution in [2.45, 2.75) is 19.2 Å². The van der Waals surface area contributed by atoms with E-state index in [9.17, 15) is 9.59 Å². The lowest BCUT2D eigenvalue weighted by Crippen LogP contribution is -2.42. The van der Waals surface area contributed by atoms with Crippen molar-refractivity contribution in [1.29, 1.82) is 0 Å². The summed E-state index contributed by atoms with van der Waals surface area (Å²) in [7, 11) is 1.52. The Morgan fingerprint density at radius 1 is 1.33 bits per heavy atom. The number of likely N-dealkylation sites (tertiary alicyclic amines) is 1. The molecule has 11 heteroatoms. The number of aromatic nitrogens is 3. The SMILES string of the molecule is COc1cc(-c2cc(C(=O)N3CCC(C(N)=O)CC3)nn2C2NCCO2)c(Cl)cn1. The quantitative estimate of drug-likeness (QED) is 0.719. The largest absolute Gasteiger partial charge is 0.481 e. The van der Waals surface area contributed by atoms with Crippen LogP contribution in [0.25, 0.3) is 11.3 Å². The maximum Gasteiger partial charge on any atom is 0.274 e. The van der Waals surface area contributed by atoms with Gasteiger partial charge in [0.1, 0.15) is 0 Å². The van der Waals surface area contributed by atoms with E-state index in [0.29, 0.717) is 61.2 Å². The van der Waals surface area contributed by atoms with Gasteiger partial charge in [-0.1, -0.05) is 11.6 Å². The van der Waals surface area contributed by atoms with Gasteiger partial charge >= 0.3 is 0 Å². The summed E-state index contributed by atoms with van der Waals surface area (Å²) in [6.07, 6.45) is 2.08. The molecule has 0 spiro atoms. The molecule has 2 amide bonds. The van der Waals surface area contributed by atoms with Crippen molar-refractivity contribution in [3.05, 3.63) is 29.0 Å². The highest BCUT2D eigenvalue weighted by Gasteiger charge is 2.30. The molecule has 1 atom stereocenters.